The van der Waals surface area contributed by atoms with E-state index in [2.05, 4.69) is 9.62 Å². The Morgan fingerprint density at radius 2 is 1.81 bits per heavy atom. The van der Waals surface area contributed by atoms with Crippen molar-refractivity contribution in [2.45, 2.75) is 18.4 Å². The van der Waals surface area contributed by atoms with Crippen LogP contribution in [0.3, 0.4) is 0 Å². The third-order valence-corrected chi connectivity index (χ3v) is 5.99. The van der Waals surface area contributed by atoms with Crippen molar-refractivity contribution in [3.63, 3.8) is 0 Å². The van der Waals surface area contributed by atoms with E-state index in [9.17, 15) is 18.5 Å². The highest BCUT2D eigenvalue weighted by Crippen LogP contribution is 2.22. The second kappa shape index (κ2) is 8.03. The second-order valence-corrected chi connectivity index (χ2v) is 8.03. The number of nitro benzene ring substituents is 1. The van der Waals surface area contributed by atoms with Crippen molar-refractivity contribution in [1.82, 2.24) is 4.72 Å². The fourth-order valence-electron chi connectivity index (χ4n) is 2.89. The topological polar surface area (TPSA) is 102 Å². The molecule has 0 aromatic heterocycles. The Morgan fingerprint density at radius 3 is 2.44 bits per heavy atom. The fraction of sp³-hybridized carbons (Fsp3) is 0.333. The number of aryl methyl sites for hydroxylation is 1. The molecule has 0 spiro atoms. The zero-order chi connectivity index (χ0) is 19.4. The van der Waals surface area contributed by atoms with E-state index in [-0.39, 0.29) is 17.1 Å². The number of sulfonamides is 1. The van der Waals surface area contributed by atoms with Gasteiger partial charge in [0.25, 0.3) is 5.69 Å². The molecule has 1 heterocycles. The molecule has 1 saturated heterocycles. The van der Waals surface area contributed by atoms with Crippen LogP contribution in [-0.2, 0) is 21.3 Å². The summed E-state index contributed by atoms with van der Waals surface area (Å²) in [5.41, 5.74) is 2.07. The number of hydrogen-bond acceptors (Lipinski definition) is 6. The molecule has 0 atom stereocenters. The third-order valence-electron chi connectivity index (χ3n) is 4.45. The van der Waals surface area contributed by atoms with E-state index in [0.29, 0.717) is 18.8 Å². The van der Waals surface area contributed by atoms with Crippen molar-refractivity contribution in [3.05, 3.63) is 63.7 Å². The van der Waals surface area contributed by atoms with E-state index < -0.39 is 14.9 Å². The lowest BCUT2D eigenvalue weighted by atomic mass is 10.2. The van der Waals surface area contributed by atoms with Gasteiger partial charge in [0.2, 0.25) is 10.0 Å². The first kappa shape index (κ1) is 19.3. The highest BCUT2D eigenvalue weighted by atomic mass is 32.2. The molecule has 2 aromatic carbocycles. The van der Waals surface area contributed by atoms with Crippen molar-refractivity contribution in [3.8, 4) is 0 Å². The lowest BCUT2D eigenvalue weighted by Crippen LogP contribution is -2.36. The summed E-state index contributed by atoms with van der Waals surface area (Å²) >= 11 is 0. The van der Waals surface area contributed by atoms with Gasteiger partial charge in [0.1, 0.15) is 0 Å². The average molecular weight is 391 g/mol. The zero-order valence-corrected chi connectivity index (χ0v) is 15.7. The van der Waals surface area contributed by atoms with Crippen molar-refractivity contribution >= 4 is 21.4 Å². The van der Waals surface area contributed by atoms with Crippen LogP contribution in [0.2, 0.25) is 0 Å². The van der Waals surface area contributed by atoms with Crippen LogP contribution in [0.25, 0.3) is 0 Å². The third kappa shape index (κ3) is 4.62. The van der Waals surface area contributed by atoms with Crippen molar-refractivity contribution < 1.29 is 18.1 Å². The van der Waals surface area contributed by atoms with E-state index in [1.54, 1.807) is 6.92 Å². The summed E-state index contributed by atoms with van der Waals surface area (Å²) in [5, 5.41) is 10.9. The number of hydrogen-bond donors (Lipinski definition) is 1. The maximum absolute atomic E-state index is 12.6. The molecule has 27 heavy (non-hydrogen) atoms. The number of ether oxygens (including phenoxy) is 1. The van der Waals surface area contributed by atoms with Gasteiger partial charge in [-0.15, -0.1) is 0 Å². The highest BCUT2D eigenvalue weighted by molar-refractivity contribution is 7.89. The second-order valence-electron chi connectivity index (χ2n) is 6.30. The number of nitro groups is 1. The standard InChI is InChI=1S/C18H21N3O5S/c1-14-2-5-17(21(22)23)12-18(14)27(24,25)19-13-15-3-6-16(7-4-15)20-8-10-26-11-9-20/h2-7,12,19H,8-11,13H2,1H3. The number of rotatable bonds is 6. The molecule has 3 rings (SSSR count). The minimum Gasteiger partial charge on any atom is -0.378 e. The normalized spacial score (nSPS) is 14.9. The van der Waals surface area contributed by atoms with Gasteiger partial charge in [0.05, 0.1) is 23.0 Å². The Balaban J connectivity index is 1.70. The summed E-state index contributed by atoms with van der Waals surface area (Å²) in [5.74, 6) is 0. The van der Waals surface area contributed by atoms with E-state index in [4.69, 9.17) is 4.74 Å². The molecule has 0 amide bonds. The number of nitrogens with zero attached hydrogens (tertiary/aromatic N) is 2. The van der Waals surface area contributed by atoms with Gasteiger partial charge < -0.3 is 9.64 Å². The predicted octanol–water partition coefficient (Wildman–Crippen LogP) is 2.22. The summed E-state index contributed by atoms with van der Waals surface area (Å²) in [7, 11) is -3.86. The minimum absolute atomic E-state index is 0.0818. The number of nitrogens with one attached hydrogen (secondary N) is 1. The number of morpholine rings is 1. The summed E-state index contributed by atoms with van der Waals surface area (Å²) < 4.78 is 33.0. The van der Waals surface area contributed by atoms with Gasteiger partial charge in [-0.05, 0) is 30.2 Å². The van der Waals surface area contributed by atoms with Gasteiger partial charge >= 0.3 is 0 Å². The molecule has 144 valence electrons. The maximum Gasteiger partial charge on any atom is 0.270 e. The molecule has 0 bridgehead atoms. The number of non-ortho nitro benzene ring substituents is 1. The SMILES string of the molecule is Cc1ccc([N+](=O)[O-])cc1S(=O)(=O)NCc1ccc(N2CCOCC2)cc1. The molecular weight excluding hydrogens is 370 g/mol. The highest BCUT2D eigenvalue weighted by Gasteiger charge is 2.20. The van der Waals surface area contributed by atoms with E-state index in [1.807, 2.05) is 24.3 Å². The van der Waals surface area contributed by atoms with Crippen molar-refractivity contribution in [2.24, 2.45) is 0 Å². The van der Waals surface area contributed by atoms with Gasteiger partial charge in [-0.1, -0.05) is 18.2 Å². The molecule has 2 aromatic rings. The number of benzene rings is 2. The Hall–Kier alpha value is -2.49. The molecule has 0 aliphatic carbocycles. The van der Waals surface area contributed by atoms with Crippen LogP contribution in [-0.4, -0.2) is 39.6 Å². The summed E-state index contributed by atoms with van der Waals surface area (Å²) in [6, 6.07) is 11.4. The van der Waals surface area contributed by atoms with E-state index in [1.165, 1.54) is 12.1 Å². The van der Waals surface area contributed by atoms with Crippen LogP contribution in [0, 0.1) is 17.0 Å². The molecular formula is C18H21N3O5S. The first-order valence-electron chi connectivity index (χ1n) is 8.53. The quantitative estimate of drug-likeness (QED) is 0.598. The molecule has 9 heteroatoms. The Morgan fingerprint density at radius 1 is 1.15 bits per heavy atom. The maximum atomic E-state index is 12.6. The lowest BCUT2D eigenvalue weighted by Gasteiger charge is -2.28. The smallest absolute Gasteiger partial charge is 0.270 e. The average Bonchev–Trinajstić information content (AvgIpc) is 2.67. The zero-order valence-electron chi connectivity index (χ0n) is 14.9. The van der Waals surface area contributed by atoms with Gasteiger partial charge in [-0.2, -0.15) is 0 Å². The van der Waals surface area contributed by atoms with Gasteiger partial charge in [0.15, 0.2) is 0 Å². The van der Waals surface area contributed by atoms with Crippen LogP contribution in [0.15, 0.2) is 47.4 Å². The van der Waals surface area contributed by atoms with Crippen LogP contribution < -0.4 is 9.62 Å². The molecule has 1 fully saturated rings. The fourth-order valence-corrected chi connectivity index (χ4v) is 4.17. The van der Waals surface area contributed by atoms with Crippen LogP contribution in [0.4, 0.5) is 11.4 Å². The minimum atomic E-state index is -3.86. The lowest BCUT2D eigenvalue weighted by molar-refractivity contribution is -0.385. The Labute approximate surface area is 158 Å². The molecule has 0 saturated carbocycles. The molecule has 1 aliphatic rings. The molecule has 0 radical (unpaired) electrons. The Bertz CT molecular complexity index is 923. The van der Waals surface area contributed by atoms with Crippen LogP contribution >= 0.6 is 0 Å². The molecule has 1 aliphatic heterocycles. The van der Waals surface area contributed by atoms with Gasteiger partial charge in [-0.25, -0.2) is 13.1 Å². The van der Waals surface area contributed by atoms with Crippen LogP contribution in [0.5, 0.6) is 0 Å². The molecule has 1 N–H and O–H groups in total. The first-order chi connectivity index (χ1) is 12.9. The largest absolute Gasteiger partial charge is 0.378 e. The number of anilines is 1. The summed E-state index contributed by atoms with van der Waals surface area (Å²) in [6.07, 6.45) is 0. The van der Waals surface area contributed by atoms with Gasteiger partial charge in [-0.3, -0.25) is 10.1 Å². The van der Waals surface area contributed by atoms with E-state index >= 15 is 0 Å². The monoisotopic (exact) mass is 391 g/mol. The molecule has 0 unspecified atom stereocenters. The predicted molar refractivity (Wildman–Crippen MR) is 101 cm³/mol. The van der Waals surface area contributed by atoms with Gasteiger partial charge in [0, 0.05) is 37.5 Å². The Kier molecular flexibility index (Phi) is 5.73. The summed E-state index contributed by atoms with van der Waals surface area (Å²) in [6.45, 7) is 4.77. The van der Waals surface area contributed by atoms with E-state index in [0.717, 1.165) is 30.4 Å². The summed E-state index contributed by atoms with van der Waals surface area (Å²) in [4.78, 5) is 12.4. The van der Waals surface area contributed by atoms with Crippen LogP contribution in [0.1, 0.15) is 11.1 Å². The van der Waals surface area contributed by atoms with Crippen molar-refractivity contribution in [2.75, 3.05) is 31.2 Å². The molecule has 8 nitrogen and oxygen atoms in total. The van der Waals surface area contributed by atoms with Crippen molar-refractivity contribution in [1.29, 1.82) is 0 Å². The first-order valence-corrected chi connectivity index (χ1v) is 10.0.